The molecule has 1 heterocycles. The van der Waals surface area contributed by atoms with Gasteiger partial charge in [-0.1, -0.05) is 12.1 Å². The molecule has 0 aliphatic carbocycles. The highest BCUT2D eigenvalue weighted by molar-refractivity contribution is 5.96. The Morgan fingerprint density at radius 2 is 2.15 bits per heavy atom. The fourth-order valence-corrected chi connectivity index (χ4v) is 2.44. The van der Waals surface area contributed by atoms with Crippen molar-refractivity contribution in [3.63, 3.8) is 0 Å². The van der Waals surface area contributed by atoms with Crippen LogP contribution in [0.3, 0.4) is 0 Å². The smallest absolute Gasteiger partial charge is 0.163 e. The number of nitrogens with zero attached hydrogens (tertiary/aromatic N) is 1. The van der Waals surface area contributed by atoms with Crippen molar-refractivity contribution in [2.24, 2.45) is 0 Å². The Hall–Kier alpha value is -1.39. The van der Waals surface area contributed by atoms with Gasteiger partial charge in [0, 0.05) is 19.1 Å². The molecule has 0 bridgehead atoms. The topological polar surface area (TPSA) is 38.8 Å². The van der Waals surface area contributed by atoms with Crippen molar-refractivity contribution >= 4 is 5.78 Å². The Morgan fingerprint density at radius 3 is 2.90 bits per heavy atom. The molecule has 1 saturated heterocycles. The summed E-state index contributed by atoms with van der Waals surface area (Å²) in [5.41, 5.74) is 0.649. The summed E-state index contributed by atoms with van der Waals surface area (Å²) >= 11 is 0. The molecule has 1 fully saturated rings. The summed E-state index contributed by atoms with van der Waals surface area (Å²) in [4.78, 5) is 13.9. The van der Waals surface area contributed by atoms with Crippen molar-refractivity contribution < 1.29 is 14.3 Å². The quantitative estimate of drug-likeness (QED) is 0.775. The molecule has 0 spiro atoms. The predicted octanol–water partition coefficient (Wildman–Crippen LogP) is 2.38. The molecule has 0 saturated carbocycles. The van der Waals surface area contributed by atoms with Crippen molar-refractivity contribution in [1.82, 2.24) is 4.90 Å². The zero-order valence-corrected chi connectivity index (χ0v) is 12.5. The first-order valence-corrected chi connectivity index (χ1v) is 7.16. The summed E-state index contributed by atoms with van der Waals surface area (Å²) in [5.74, 6) is 0.711. The second kappa shape index (κ2) is 6.86. The number of rotatable bonds is 5. The van der Waals surface area contributed by atoms with Crippen LogP contribution in [0.2, 0.25) is 0 Å². The summed E-state index contributed by atoms with van der Waals surface area (Å²) in [6.45, 7) is 8.95. The maximum absolute atomic E-state index is 11.5. The van der Waals surface area contributed by atoms with Crippen LogP contribution in [-0.2, 0) is 4.74 Å². The molecule has 4 heteroatoms. The number of morpholine rings is 1. The van der Waals surface area contributed by atoms with Gasteiger partial charge in [0.1, 0.15) is 12.4 Å². The molecule has 0 radical (unpaired) electrons. The Kier molecular flexibility index (Phi) is 5.15. The SMILES string of the molecule is CC(=O)c1ccccc1OCCN1CC(C)OCC1C. The van der Waals surface area contributed by atoms with Gasteiger partial charge in [-0.3, -0.25) is 9.69 Å². The van der Waals surface area contributed by atoms with Crippen molar-refractivity contribution in [3.8, 4) is 5.75 Å². The van der Waals surface area contributed by atoms with Gasteiger partial charge < -0.3 is 9.47 Å². The van der Waals surface area contributed by atoms with Gasteiger partial charge >= 0.3 is 0 Å². The molecular formula is C16H23NO3. The summed E-state index contributed by atoms with van der Waals surface area (Å²) in [6, 6.07) is 7.81. The number of para-hydroxylation sites is 1. The summed E-state index contributed by atoms with van der Waals surface area (Å²) in [6.07, 6.45) is 0.274. The minimum absolute atomic E-state index is 0.0361. The van der Waals surface area contributed by atoms with E-state index in [1.54, 1.807) is 13.0 Å². The lowest BCUT2D eigenvalue weighted by Crippen LogP contribution is -2.48. The lowest BCUT2D eigenvalue weighted by atomic mass is 10.1. The van der Waals surface area contributed by atoms with Crippen LogP contribution < -0.4 is 4.74 Å². The highest BCUT2D eigenvalue weighted by atomic mass is 16.5. The fourth-order valence-electron chi connectivity index (χ4n) is 2.44. The molecule has 110 valence electrons. The van der Waals surface area contributed by atoms with E-state index in [2.05, 4.69) is 18.7 Å². The van der Waals surface area contributed by atoms with Gasteiger partial charge in [-0.25, -0.2) is 0 Å². The zero-order valence-electron chi connectivity index (χ0n) is 12.5. The van der Waals surface area contributed by atoms with E-state index in [1.807, 2.05) is 18.2 Å². The Morgan fingerprint density at radius 1 is 1.40 bits per heavy atom. The van der Waals surface area contributed by atoms with Gasteiger partial charge in [0.25, 0.3) is 0 Å². The molecule has 1 aromatic rings. The third-order valence-corrected chi connectivity index (χ3v) is 3.64. The number of hydrogen-bond acceptors (Lipinski definition) is 4. The predicted molar refractivity (Wildman–Crippen MR) is 78.4 cm³/mol. The number of Topliss-reactive ketones (excluding diaryl/α,β-unsaturated/α-hetero) is 1. The Labute approximate surface area is 120 Å². The van der Waals surface area contributed by atoms with Crippen LogP contribution in [0.25, 0.3) is 0 Å². The van der Waals surface area contributed by atoms with Gasteiger partial charge in [0.05, 0.1) is 18.3 Å². The molecule has 0 amide bonds. The number of carbonyl (C=O) groups excluding carboxylic acids is 1. The first-order valence-electron chi connectivity index (χ1n) is 7.16. The second-order valence-electron chi connectivity index (χ2n) is 5.39. The summed E-state index contributed by atoms with van der Waals surface area (Å²) < 4.78 is 11.4. The standard InChI is InChI=1S/C16H23NO3/c1-12-11-20-13(2)10-17(12)8-9-19-16-7-5-4-6-15(16)14(3)18/h4-7,12-13H,8-11H2,1-3H3. The average Bonchev–Trinajstić information content (AvgIpc) is 2.43. The van der Waals surface area contributed by atoms with Crippen molar-refractivity contribution in [3.05, 3.63) is 29.8 Å². The van der Waals surface area contributed by atoms with E-state index in [0.29, 0.717) is 24.0 Å². The zero-order chi connectivity index (χ0) is 14.5. The molecule has 0 aromatic heterocycles. The van der Waals surface area contributed by atoms with Crippen LogP contribution >= 0.6 is 0 Å². The summed E-state index contributed by atoms with van der Waals surface area (Å²) in [7, 11) is 0. The monoisotopic (exact) mass is 277 g/mol. The Bertz CT molecular complexity index is 461. The summed E-state index contributed by atoms with van der Waals surface area (Å²) in [5, 5.41) is 0. The Balaban J connectivity index is 1.88. The average molecular weight is 277 g/mol. The number of ketones is 1. The third-order valence-electron chi connectivity index (χ3n) is 3.64. The van der Waals surface area contributed by atoms with Crippen LogP contribution in [0.4, 0.5) is 0 Å². The number of ether oxygens (including phenoxy) is 2. The van der Waals surface area contributed by atoms with Crippen LogP contribution in [0.5, 0.6) is 5.75 Å². The van der Waals surface area contributed by atoms with Gasteiger partial charge in [-0.2, -0.15) is 0 Å². The maximum Gasteiger partial charge on any atom is 0.163 e. The maximum atomic E-state index is 11.5. The molecule has 1 aliphatic heterocycles. The van der Waals surface area contributed by atoms with E-state index in [1.165, 1.54) is 0 Å². The van der Waals surface area contributed by atoms with Gasteiger partial charge in [-0.05, 0) is 32.9 Å². The number of benzene rings is 1. The second-order valence-corrected chi connectivity index (χ2v) is 5.39. The van der Waals surface area contributed by atoms with E-state index < -0.39 is 0 Å². The first kappa shape index (κ1) is 15.0. The van der Waals surface area contributed by atoms with Crippen LogP contribution in [-0.4, -0.2) is 49.1 Å². The normalized spacial score (nSPS) is 23.6. The molecule has 1 aliphatic rings. The number of carbonyl (C=O) groups is 1. The van der Waals surface area contributed by atoms with Crippen LogP contribution in [0.1, 0.15) is 31.1 Å². The van der Waals surface area contributed by atoms with Gasteiger partial charge in [-0.15, -0.1) is 0 Å². The highest BCUT2D eigenvalue weighted by Gasteiger charge is 2.23. The van der Waals surface area contributed by atoms with Crippen LogP contribution in [0, 0.1) is 0 Å². The van der Waals surface area contributed by atoms with Crippen molar-refractivity contribution in [2.45, 2.75) is 32.9 Å². The highest BCUT2D eigenvalue weighted by Crippen LogP contribution is 2.18. The van der Waals surface area contributed by atoms with E-state index in [9.17, 15) is 4.79 Å². The largest absolute Gasteiger partial charge is 0.491 e. The molecule has 1 aromatic carbocycles. The lowest BCUT2D eigenvalue weighted by molar-refractivity contribution is -0.0522. The lowest BCUT2D eigenvalue weighted by Gasteiger charge is -2.36. The van der Waals surface area contributed by atoms with E-state index >= 15 is 0 Å². The van der Waals surface area contributed by atoms with E-state index in [4.69, 9.17) is 9.47 Å². The van der Waals surface area contributed by atoms with Crippen LogP contribution in [0.15, 0.2) is 24.3 Å². The molecule has 20 heavy (non-hydrogen) atoms. The molecule has 2 rings (SSSR count). The molecular weight excluding hydrogens is 254 g/mol. The van der Waals surface area contributed by atoms with Gasteiger partial charge in [0.2, 0.25) is 0 Å². The van der Waals surface area contributed by atoms with Crippen molar-refractivity contribution in [2.75, 3.05) is 26.3 Å². The minimum atomic E-state index is 0.0361. The molecule has 2 atom stereocenters. The van der Waals surface area contributed by atoms with Crippen molar-refractivity contribution in [1.29, 1.82) is 0 Å². The van der Waals surface area contributed by atoms with E-state index in [0.717, 1.165) is 19.7 Å². The minimum Gasteiger partial charge on any atom is -0.491 e. The van der Waals surface area contributed by atoms with Gasteiger partial charge in [0.15, 0.2) is 5.78 Å². The fraction of sp³-hybridized carbons (Fsp3) is 0.562. The first-order chi connectivity index (χ1) is 9.58. The third kappa shape index (κ3) is 3.81. The molecule has 0 N–H and O–H groups in total. The molecule has 4 nitrogen and oxygen atoms in total. The van der Waals surface area contributed by atoms with E-state index in [-0.39, 0.29) is 11.9 Å². The number of hydrogen-bond donors (Lipinski definition) is 0. The molecule has 2 unspecified atom stereocenters.